The highest BCUT2D eigenvalue weighted by Gasteiger charge is 2.36. The molecular formula is C27H35F3N2O. The van der Waals surface area contributed by atoms with Gasteiger partial charge in [0.05, 0.1) is 12.7 Å². The monoisotopic (exact) mass is 460 g/mol. The summed E-state index contributed by atoms with van der Waals surface area (Å²) in [4.78, 5) is 4.85. The van der Waals surface area contributed by atoms with E-state index in [9.17, 15) is 13.2 Å². The van der Waals surface area contributed by atoms with Crippen LogP contribution in [0.1, 0.15) is 54.7 Å². The van der Waals surface area contributed by atoms with Gasteiger partial charge in [-0.05, 0) is 55.1 Å². The second-order valence-electron chi connectivity index (χ2n) is 9.77. The maximum Gasteiger partial charge on any atom is 0.416 e. The van der Waals surface area contributed by atoms with Crippen molar-refractivity contribution in [1.82, 2.24) is 9.80 Å². The summed E-state index contributed by atoms with van der Waals surface area (Å²) < 4.78 is 45.0. The number of hydrogen-bond donors (Lipinski definition) is 0. The number of alkyl halides is 3. The van der Waals surface area contributed by atoms with E-state index in [1.165, 1.54) is 49.8 Å². The van der Waals surface area contributed by atoms with Crippen LogP contribution in [0.15, 0.2) is 48.5 Å². The highest BCUT2D eigenvalue weighted by molar-refractivity contribution is 5.32. The molecule has 0 spiro atoms. The quantitative estimate of drug-likeness (QED) is 0.490. The molecule has 6 heteroatoms. The summed E-state index contributed by atoms with van der Waals surface area (Å²) in [5.41, 5.74) is 1.40. The van der Waals surface area contributed by atoms with Crippen molar-refractivity contribution in [2.24, 2.45) is 5.92 Å². The van der Waals surface area contributed by atoms with Gasteiger partial charge in [-0.25, -0.2) is 0 Å². The second-order valence-corrected chi connectivity index (χ2v) is 9.77. The Labute approximate surface area is 195 Å². The summed E-state index contributed by atoms with van der Waals surface area (Å²) in [6.07, 6.45) is 2.17. The number of hydrogen-bond acceptors (Lipinski definition) is 3. The van der Waals surface area contributed by atoms with Gasteiger partial charge < -0.3 is 9.64 Å². The lowest BCUT2D eigenvalue weighted by molar-refractivity contribution is -0.137. The average molecular weight is 461 g/mol. The number of methoxy groups -OCH3 is 1. The minimum Gasteiger partial charge on any atom is -0.497 e. The van der Waals surface area contributed by atoms with Crippen LogP contribution in [0, 0.1) is 5.92 Å². The Bertz CT molecular complexity index is 910. The molecule has 3 nitrogen and oxygen atoms in total. The Morgan fingerprint density at radius 3 is 2.48 bits per heavy atom. The number of ether oxygens (including phenoxy) is 1. The van der Waals surface area contributed by atoms with Crippen LogP contribution in [0.5, 0.6) is 5.75 Å². The third-order valence-electron chi connectivity index (χ3n) is 7.42. The molecule has 2 unspecified atom stereocenters. The zero-order valence-corrected chi connectivity index (χ0v) is 19.7. The molecule has 33 heavy (non-hydrogen) atoms. The summed E-state index contributed by atoms with van der Waals surface area (Å²) in [6.45, 7) is 3.27. The van der Waals surface area contributed by atoms with Crippen LogP contribution >= 0.6 is 0 Å². The topological polar surface area (TPSA) is 15.7 Å². The Hall–Kier alpha value is -2.05. The fourth-order valence-electron chi connectivity index (χ4n) is 5.67. The molecule has 180 valence electrons. The number of likely N-dealkylation sites (tertiary alicyclic amines) is 1. The van der Waals surface area contributed by atoms with E-state index in [0.717, 1.165) is 37.0 Å². The van der Waals surface area contributed by atoms with E-state index in [1.807, 2.05) is 12.1 Å². The Morgan fingerprint density at radius 2 is 1.76 bits per heavy atom. The molecule has 2 aromatic carbocycles. The number of rotatable bonds is 7. The lowest BCUT2D eigenvalue weighted by Crippen LogP contribution is -2.38. The third kappa shape index (κ3) is 6.10. The third-order valence-corrected chi connectivity index (χ3v) is 7.42. The van der Waals surface area contributed by atoms with Crippen LogP contribution in [0.25, 0.3) is 0 Å². The molecule has 0 amide bonds. The Balaban J connectivity index is 1.51. The van der Waals surface area contributed by atoms with E-state index in [0.29, 0.717) is 24.4 Å². The van der Waals surface area contributed by atoms with Crippen molar-refractivity contribution < 1.29 is 17.9 Å². The summed E-state index contributed by atoms with van der Waals surface area (Å²) in [5.74, 6) is 1.61. The molecule has 1 saturated heterocycles. The van der Waals surface area contributed by atoms with Crippen molar-refractivity contribution in [3.8, 4) is 5.75 Å². The first-order valence-electron chi connectivity index (χ1n) is 12.1. The van der Waals surface area contributed by atoms with Gasteiger partial charge in [0, 0.05) is 38.1 Å². The van der Waals surface area contributed by atoms with E-state index in [-0.39, 0.29) is 0 Å². The SMILES string of the molecule is COc1cccc(C2CN(Cc3cccc(C(F)(F)F)c3)CC2CN(C)C2CCCCC2)c1. The molecule has 1 aliphatic carbocycles. The van der Waals surface area contributed by atoms with E-state index in [4.69, 9.17) is 4.74 Å². The Kier molecular flexibility index (Phi) is 7.65. The lowest BCUT2D eigenvalue weighted by Gasteiger charge is -2.34. The van der Waals surface area contributed by atoms with Crippen LogP contribution in [-0.4, -0.2) is 49.6 Å². The van der Waals surface area contributed by atoms with Gasteiger partial charge in [-0.15, -0.1) is 0 Å². The molecule has 0 radical (unpaired) electrons. The molecule has 4 rings (SSSR count). The van der Waals surface area contributed by atoms with Gasteiger partial charge in [0.25, 0.3) is 0 Å². The molecule has 2 atom stereocenters. The average Bonchev–Trinajstić information content (AvgIpc) is 3.21. The van der Waals surface area contributed by atoms with Crippen molar-refractivity contribution in [3.63, 3.8) is 0 Å². The molecule has 0 aromatic heterocycles. The number of halogens is 3. The largest absolute Gasteiger partial charge is 0.497 e. The first-order valence-corrected chi connectivity index (χ1v) is 12.1. The fourth-order valence-corrected chi connectivity index (χ4v) is 5.67. The van der Waals surface area contributed by atoms with Gasteiger partial charge in [-0.1, -0.05) is 49.6 Å². The maximum atomic E-state index is 13.2. The number of nitrogens with zero attached hydrogens (tertiary/aromatic N) is 2. The van der Waals surface area contributed by atoms with Crippen LogP contribution in [0.4, 0.5) is 13.2 Å². The molecule has 2 aliphatic rings. The molecule has 1 saturated carbocycles. The maximum absolute atomic E-state index is 13.2. The van der Waals surface area contributed by atoms with Crippen molar-refractivity contribution >= 4 is 0 Å². The zero-order valence-electron chi connectivity index (χ0n) is 19.7. The van der Waals surface area contributed by atoms with Crippen LogP contribution in [0.2, 0.25) is 0 Å². The second kappa shape index (κ2) is 10.5. The molecule has 0 bridgehead atoms. The lowest BCUT2D eigenvalue weighted by atomic mass is 9.87. The van der Waals surface area contributed by atoms with E-state index >= 15 is 0 Å². The minimum atomic E-state index is -4.31. The van der Waals surface area contributed by atoms with E-state index in [2.05, 4.69) is 29.0 Å². The molecule has 2 fully saturated rings. The van der Waals surface area contributed by atoms with Gasteiger partial charge in [-0.3, -0.25) is 4.90 Å². The van der Waals surface area contributed by atoms with Crippen LogP contribution < -0.4 is 4.74 Å². The van der Waals surface area contributed by atoms with Crippen molar-refractivity contribution in [2.75, 3.05) is 33.8 Å². The summed E-state index contributed by atoms with van der Waals surface area (Å²) in [6, 6.07) is 14.7. The van der Waals surface area contributed by atoms with Crippen LogP contribution in [-0.2, 0) is 12.7 Å². The zero-order chi connectivity index (χ0) is 23.4. The molecule has 1 aliphatic heterocycles. The minimum absolute atomic E-state index is 0.330. The van der Waals surface area contributed by atoms with Gasteiger partial charge in [0.2, 0.25) is 0 Å². The first kappa shape index (κ1) is 24.1. The molecule has 1 heterocycles. The first-order chi connectivity index (χ1) is 15.8. The Morgan fingerprint density at radius 1 is 1.00 bits per heavy atom. The van der Waals surface area contributed by atoms with E-state index < -0.39 is 11.7 Å². The smallest absolute Gasteiger partial charge is 0.416 e. The predicted octanol–water partition coefficient (Wildman–Crippen LogP) is 6.19. The van der Waals surface area contributed by atoms with Gasteiger partial charge in [0.1, 0.15) is 5.75 Å². The molecule has 0 N–H and O–H groups in total. The highest BCUT2D eigenvalue weighted by atomic mass is 19.4. The van der Waals surface area contributed by atoms with Crippen molar-refractivity contribution in [2.45, 2.75) is 56.8 Å². The summed E-state index contributed by atoms with van der Waals surface area (Å²) >= 11 is 0. The number of benzene rings is 2. The normalized spacial score (nSPS) is 22.7. The van der Waals surface area contributed by atoms with Crippen LogP contribution in [0.3, 0.4) is 0 Å². The molecule has 2 aromatic rings. The predicted molar refractivity (Wildman–Crippen MR) is 125 cm³/mol. The highest BCUT2D eigenvalue weighted by Crippen LogP contribution is 2.37. The van der Waals surface area contributed by atoms with Gasteiger partial charge >= 0.3 is 6.18 Å². The van der Waals surface area contributed by atoms with Crippen molar-refractivity contribution in [1.29, 1.82) is 0 Å². The standard InChI is InChI=1S/C27H35F3N2O/c1-31(24-11-4-3-5-12-24)17-22-18-32(16-20-8-6-10-23(14-20)27(28,29)30)19-26(22)21-9-7-13-25(15-21)33-2/h6-10,13-15,22,24,26H,3-5,11-12,16-19H2,1-2H3. The summed E-state index contributed by atoms with van der Waals surface area (Å²) in [7, 11) is 3.93. The van der Waals surface area contributed by atoms with Gasteiger partial charge in [0.15, 0.2) is 0 Å². The summed E-state index contributed by atoms with van der Waals surface area (Å²) in [5, 5.41) is 0. The van der Waals surface area contributed by atoms with Gasteiger partial charge in [-0.2, -0.15) is 13.2 Å². The van der Waals surface area contributed by atoms with Crippen molar-refractivity contribution in [3.05, 3.63) is 65.2 Å². The molecular weight excluding hydrogens is 425 g/mol. The van der Waals surface area contributed by atoms with E-state index in [1.54, 1.807) is 13.2 Å². The fraction of sp³-hybridized carbons (Fsp3) is 0.556.